The lowest BCUT2D eigenvalue weighted by Crippen LogP contribution is -2.47. The van der Waals surface area contributed by atoms with Crippen molar-refractivity contribution in [1.29, 1.82) is 0 Å². The third-order valence-corrected chi connectivity index (χ3v) is 7.40. The normalized spacial score (nSPS) is 17.7. The number of methoxy groups -OCH3 is 1. The third kappa shape index (κ3) is 7.47. The summed E-state index contributed by atoms with van der Waals surface area (Å²) < 4.78 is 11.9. The van der Waals surface area contributed by atoms with E-state index in [9.17, 15) is 14.7 Å². The van der Waals surface area contributed by atoms with E-state index < -0.39 is 12.0 Å². The van der Waals surface area contributed by atoms with Crippen molar-refractivity contribution >= 4 is 46.3 Å². The van der Waals surface area contributed by atoms with E-state index in [2.05, 4.69) is 13.8 Å². The smallest absolute Gasteiger partial charge is 0.327 e. The lowest BCUT2D eigenvalue weighted by atomic mass is 9.98. The molecule has 34 heavy (non-hydrogen) atoms. The Labute approximate surface area is 213 Å². The summed E-state index contributed by atoms with van der Waals surface area (Å²) in [5.41, 5.74) is 0.757. The van der Waals surface area contributed by atoms with Crippen LogP contribution in [0, 0.1) is 5.92 Å². The summed E-state index contributed by atoms with van der Waals surface area (Å²) in [6, 6.07) is 4.55. The molecule has 1 aromatic carbocycles. The Kier molecular flexibility index (Phi) is 11.4. The first-order valence-corrected chi connectivity index (χ1v) is 13.3. The lowest BCUT2D eigenvalue weighted by molar-refractivity contribution is -0.147. The molecule has 6 nitrogen and oxygen atoms in total. The van der Waals surface area contributed by atoms with E-state index in [1.165, 1.54) is 30.6 Å². The number of carboxylic acids is 1. The maximum Gasteiger partial charge on any atom is 0.327 e. The zero-order valence-corrected chi connectivity index (χ0v) is 22.5. The van der Waals surface area contributed by atoms with Gasteiger partial charge in [0.1, 0.15) is 10.4 Å². The Morgan fingerprint density at radius 1 is 1.18 bits per heavy atom. The average molecular weight is 508 g/mol. The van der Waals surface area contributed by atoms with Gasteiger partial charge in [-0.1, -0.05) is 82.9 Å². The number of unbranched alkanes of at least 4 members (excludes halogenated alkanes) is 4. The topological polar surface area (TPSA) is 76.1 Å². The quantitative estimate of drug-likeness (QED) is 0.174. The van der Waals surface area contributed by atoms with Crippen LogP contribution >= 0.6 is 24.0 Å². The van der Waals surface area contributed by atoms with Crippen molar-refractivity contribution in [3.63, 3.8) is 0 Å². The summed E-state index contributed by atoms with van der Waals surface area (Å²) in [4.78, 5) is 26.5. The molecule has 0 bridgehead atoms. The molecule has 0 unspecified atom stereocenters. The largest absolute Gasteiger partial charge is 0.493 e. The number of thioether (sulfide) groups is 1. The number of thiocarbonyl (C=S) groups is 1. The molecule has 1 fully saturated rings. The van der Waals surface area contributed by atoms with Gasteiger partial charge in [0.2, 0.25) is 0 Å². The minimum Gasteiger partial charge on any atom is -0.493 e. The summed E-state index contributed by atoms with van der Waals surface area (Å²) in [5.74, 6) is -0.390. The molecule has 0 radical (unpaired) electrons. The van der Waals surface area contributed by atoms with Crippen LogP contribution in [0.4, 0.5) is 0 Å². The van der Waals surface area contributed by atoms with E-state index >= 15 is 0 Å². The number of carboxylic acid groups (broad SMARTS) is 1. The van der Waals surface area contributed by atoms with E-state index in [0.717, 1.165) is 30.2 Å². The van der Waals surface area contributed by atoms with E-state index in [-0.39, 0.29) is 22.2 Å². The summed E-state index contributed by atoms with van der Waals surface area (Å²) >= 11 is 6.49. The summed E-state index contributed by atoms with van der Waals surface area (Å²) in [5, 5.41) is 9.70. The van der Waals surface area contributed by atoms with Crippen molar-refractivity contribution in [2.75, 3.05) is 7.11 Å². The fraction of sp³-hybridized carbons (Fsp3) is 0.577. The second-order valence-corrected chi connectivity index (χ2v) is 10.4. The third-order valence-electron chi connectivity index (χ3n) is 6.07. The predicted molar refractivity (Wildman–Crippen MR) is 142 cm³/mol. The summed E-state index contributed by atoms with van der Waals surface area (Å²) in [6.07, 6.45) is 9.53. The van der Waals surface area contributed by atoms with Crippen molar-refractivity contribution in [1.82, 2.24) is 4.90 Å². The first-order valence-electron chi connectivity index (χ1n) is 12.1. The molecule has 188 valence electrons. The molecule has 1 aliphatic heterocycles. The zero-order valence-electron chi connectivity index (χ0n) is 20.8. The maximum absolute atomic E-state index is 13.0. The van der Waals surface area contributed by atoms with E-state index in [1.807, 2.05) is 32.0 Å². The Hall–Kier alpha value is -2.06. The molecule has 0 aromatic heterocycles. The number of nitrogens with zero attached hydrogens (tertiary/aromatic N) is 1. The Morgan fingerprint density at radius 2 is 1.88 bits per heavy atom. The van der Waals surface area contributed by atoms with Crippen LogP contribution in [-0.2, 0) is 9.59 Å². The van der Waals surface area contributed by atoms with Crippen molar-refractivity contribution in [2.45, 2.75) is 84.8 Å². The van der Waals surface area contributed by atoms with Gasteiger partial charge < -0.3 is 14.6 Å². The van der Waals surface area contributed by atoms with Gasteiger partial charge in [0.05, 0.1) is 18.1 Å². The SMILES string of the molecule is CCCCCCC[C@@H](C)Oc1ccc(/C=C2/SC(=S)N([C@H](C(=O)O)[C@@H](C)CC)C2=O)cc1OC. The van der Waals surface area contributed by atoms with Gasteiger partial charge in [-0.05, 0) is 49.5 Å². The van der Waals surface area contributed by atoms with E-state index in [4.69, 9.17) is 21.7 Å². The average Bonchev–Trinajstić information content (AvgIpc) is 3.07. The van der Waals surface area contributed by atoms with Gasteiger partial charge in [0.15, 0.2) is 11.5 Å². The van der Waals surface area contributed by atoms with Gasteiger partial charge in [0, 0.05) is 0 Å². The summed E-state index contributed by atoms with van der Waals surface area (Å²) in [6.45, 7) is 7.99. The Morgan fingerprint density at radius 3 is 2.50 bits per heavy atom. The molecule has 1 amide bonds. The Balaban J connectivity index is 2.13. The fourth-order valence-corrected chi connectivity index (χ4v) is 5.21. The van der Waals surface area contributed by atoms with Crippen LogP contribution in [0.15, 0.2) is 23.1 Å². The molecule has 2 rings (SSSR count). The standard InChI is InChI=1S/C26H37NO5S2/c1-6-8-9-10-11-12-18(4)32-20-14-13-19(15-21(20)31-5)16-22-24(28)27(26(33)34-22)23(25(29)30)17(3)7-2/h13-18,23H,6-12H2,1-5H3,(H,29,30)/b22-16+/t17-,18+,23-/m0/s1. The first kappa shape index (κ1) is 28.2. The van der Waals surface area contributed by atoms with Crippen LogP contribution < -0.4 is 9.47 Å². The highest BCUT2D eigenvalue weighted by Gasteiger charge is 2.42. The molecule has 0 saturated carbocycles. The van der Waals surface area contributed by atoms with Crippen molar-refractivity contribution in [3.05, 3.63) is 28.7 Å². The Bertz CT molecular complexity index is 901. The molecule has 8 heteroatoms. The predicted octanol–water partition coefficient (Wildman–Crippen LogP) is 6.52. The highest BCUT2D eigenvalue weighted by Crippen LogP contribution is 2.37. The molecular formula is C26H37NO5S2. The highest BCUT2D eigenvalue weighted by molar-refractivity contribution is 8.26. The summed E-state index contributed by atoms with van der Waals surface area (Å²) in [7, 11) is 1.59. The number of hydrogen-bond acceptors (Lipinski definition) is 6. The number of amides is 1. The lowest BCUT2D eigenvalue weighted by Gasteiger charge is -2.27. The second kappa shape index (κ2) is 13.7. The van der Waals surface area contributed by atoms with Gasteiger partial charge in [0.25, 0.3) is 5.91 Å². The van der Waals surface area contributed by atoms with Crippen LogP contribution in [-0.4, -0.2) is 45.5 Å². The molecule has 0 aliphatic carbocycles. The van der Waals surface area contributed by atoms with Crippen LogP contribution in [0.25, 0.3) is 6.08 Å². The number of ether oxygens (including phenoxy) is 2. The number of rotatable bonds is 14. The second-order valence-electron chi connectivity index (χ2n) is 8.76. The molecule has 1 heterocycles. The number of carbonyl (C=O) groups excluding carboxylic acids is 1. The fourth-order valence-electron chi connectivity index (χ4n) is 3.88. The molecule has 3 atom stereocenters. The molecular weight excluding hydrogens is 470 g/mol. The molecule has 1 aromatic rings. The number of hydrogen-bond donors (Lipinski definition) is 1. The van der Waals surface area contributed by atoms with Gasteiger partial charge >= 0.3 is 5.97 Å². The molecule has 1 saturated heterocycles. The molecule has 0 spiro atoms. The monoisotopic (exact) mass is 507 g/mol. The van der Waals surface area contributed by atoms with Crippen LogP contribution in [0.5, 0.6) is 11.5 Å². The molecule has 1 N–H and O–H groups in total. The molecule has 1 aliphatic rings. The van der Waals surface area contributed by atoms with Gasteiger partial charge in [-0.15, -0.1) is 0 Å². The minimum absolute atomic E-state index is 0.0751. The van der Waals surface area contributed by atoms with Gasteiger partial charge in [-0.3, -0.25) is 9.69 Å². The van der Waals surface area contributed by atoms with Crippen LogP contribution in [0.3, 0.4) is 0 Å². The van der Waals surface area contributed by atoms with Crippen molar-refractivity contribution in [2.24, 2.45) is 5.92 Å². The van der Waals surface area contributed by atoms with Crippen LogP contribution in [0.2, 0.25) is 0 Å². The highest BCUT2D eigenvalue weighted by atomic mass is 32.2. The van der Waals surface area contributed by atoms with Crippen LogP contribution in [0.1, 0.15) is 78.2 Å². The zero-order chi connectivity index (χ0) is 25.3. The number of benzene rings is 1. The van der Waals surface area contributed by atoms with E-state index in [1.54, 1.807) is 13.2 Å². The first-order chi connectivity index (χ1) is 16.2. The minimum atomic E-state index is -1.05. The maximum atomic E-state index is 13.0. The van der Waals surface area contributed by atoms with Gasteiger partial charge in [-0.2, -0.15) is 0 Å². The van der Waals surface area contributed by atoms with Gasteiger partial charge in [-0.25, -0.2) is 4.79 Å². The van der Waals surface area contributed by atoms with E-state index in [0.29, 0.717) is 22.8 Å². The number of aliphatic carboxylic acids is 1. The van der Waals surface area contributed by atoms with Crippen molar-refractivity contribution < 1.29 is 24.2 Å². The van der Waals surface area contributed by atoms with Crippen molar-refractivity contribution in [3.8, 4) is 11.5 Å². The number of carbonyl (C=O) groups is 2.